The van der Waals surface area contributed by atoms with Gasteiger partial charge in [0.15, 0.2) is 6.61 Å². The predicted molar refractivity (Wildman–Crippen MR) is 107 cm³/mol. The third-order valence-corrected chi connectivity index (χ3v) is 3.68. The zero-order valence-electron chi connectivity index (χ0n) is 16.3. The fourth-order valence-corrected chi connectivity index (χ4v) is 2.20. The summed E-state index contributed by atoms with van der Waals surface area (Å²) in [6.45, 7) is 4.21. The lowest BCUT2D eigenvalue weighted by Crippen LogP contribution is -2.33. The minimum atomic E-state index is -0.560. The highest BCUT2D eigenvalue weighted by atomic mass is 16.6. The molecule has 0 bridgehead atoms. The summed E-state index contributed by atoms with van der Waals surface area (Å²) in [4.78, 5) is 23.1. The maximum absolute atomic E-state index is 11.6. The van der Waals surface area contributed by atoms with Crippen molar-refractivity contribution in [3.8, 4) is 0 Å². The van der Waals surface area contributed by atoms with E-state index in [9.17, 15) is 9.59 Å². The molecule has 0 unspecified atom stereocenters. The number of unbranched alkanes of at least 4 members (excludes halogenated alkanes) is 4. The van der Waals surface area contributed by atoms with Crippen molar-refractivity contribution in [1.29, 1.82) is 0 Å². The third-order valence-electron chi connectivity index (χ3n) is 3.68. The van der Waals surface area contributed by atoms with Gasteiger partial charge in [0.05, 0.1) is 0 Å². The average molecular weight is 388 g/mol. The Labute approximate surface area is 162 Å². The molecule has 0 radical (unpaired) electrons. The minimum absolute atomic E-state index is 0.255. The van der Waals surface area contributed by atoms with Gasteiger partial charge in [-0.2, -0.15) is 5.10 Å². The Balaban J connectivity index is 3.34. The van der Waals surface area contributed by atoms with Gasteiger partial charge in [0.25, 0.3) is 5.91 Å². The summed E-state index contributed by atoms with van der Waals surface area (Å²) in [7, 11) is 0. The zero-order valence-corrected chi connectivity index (χ0v) is 16.3. The van der Waals surface area contributed by atoms with Crippen LogP contribution in [0.3, 0.4) is 0 Å². The van der Waals surface area contributed by atoms with E-state index in [4.69, 9.17) is 16.3 Å². The molecule has 10 heteroatoms. The van der Waals surface area contributed by atoms with Gasteiger partial charge >= 0.3 is 6.09 Å². The lowest BCUT2D eigenvalue weighted by atomic mass is 10.2. The number of hydrogen-bond donors (Lipinski definition) is 6. The molecule has 10 nitrogen and oxygen atoms in total. The van der Waals surface area contributed by atoms with Gasteiger partial charge in [-0.15, -0.1) is 0 Å². The Morgan fingerprint density at radius 3 is 2.22 bits per heavy atom. The number of carbonyl (C=O) groups excluding carboxylic acids is 2. The van der Waals surface area contributed by atoms with Gasteiger partial charge in [0.2, 0.25) is 0 Å². The van der Waals surface area contributed by atoms with Gasteiger partial charge in [-0.1, -0.05) is 12.8 Å². The number of amides is 2. The van der Waals surface area contributed by atoms with Gasteiger partial charge in [0, 0.05) is 19.6 Å². The Bertz CT molecular complexity index is 395. The van der Waals surface area contributed by atoms with E-state index >= 15 is 0 Å². The van der Waals surface area contributed by atoms with Crippen molar-refractivity contribution in [2.75, 3.05) is 45.9 Å². The quantitative estimate of drug-likeness (QED) is 0.0614. The van der Waals surface area contributed by atoms with Crippen LogP contribution < -0.4 is 32.8 Å². The van der Waals surface area contributed by atoms with Crippen LogP contribution in [0.5, 0.6) is 0 Å². The number of alkyl carbamates (subject to hydrolysis) is 1. The maximum Gasteiger partial charge on any atom is 0.407 e. The smallest absolute Gasteiger partial charge is 0.407 e. The molecule has 0 aromatic rings. The Kier molecular flexibility index (Phi) is 18.7. The summed E-state index contributed by atoms with van der Waals surface area (Å²) < 4.78 is 4.87. The van der Waals surface area contributed by atoms with Gasteiger partial charge < -0.3 is 37.6 Å². The van der Waals surface area contributed by atoms with Crippen molar-refractivity contribution in [3.63, 3.8) is 0 Å². The molecule has 8 N–H and O–H groups in total. The maximum atomic E-state index is 11.6. The molecule has 0 aliphatic rings. The molecule has 0 atom stereocenters. The van der Waals surface area contributed by atoms with Crippen LogP contribution in [-0.2, 0) is 9.53 Å². The lowest BCUT2D eigenvalue weighted by Gasteiger charge is -2.08. The second kappa shape index (κ2) is 20.2. The Hall–Kier alpha value is -2.07. The van der Waals surface area contributed by atoms with Crippen molar-refractivity contribution >= 4 is 18.3 Å². The Morgan fingerprint density at radius 1 is 0.852 bits per heavy atom. The first-order chi connectivity index (χ1) is 13.2. The van der Waals surface area contributed by atoms with Gasteiger partial charge in [0.1, 0.15) is 6.34 Å². The average Bonchev–Trinajstić information content (AvgIpc) is 2.67. The van der Waals surface area contributed by atoms with Gasteiger partial charge in [-0.3, -0.25) is 4.79 Å². The number of carbonyl (C=O) groups is 2. The monoisotopic (exact) mass is 387 g/mol. The molecule has 0 aliphatic carbocycles. The summed E-state index contributed by atoms with van der Waals surface area (Å²) in [5.41, 5.74) is 5.40. The molecule has 0 saturated heterocycles. The number of nitrogens with zero attached hydrogens (tertiary/aromatic N) is 1. The minimum Gasteiger partial charge on any atom is -0.439 e. The zero-order chi connectivity index (χ0) is 20.0. The van der Waals surface area contributed by atoms with E-state index in [0.29, 0.717) is 19.6 Å². The van der Waals surface area contributed by atoms with E-state index in [0.717, 1.165) is 64.6 Å². The normalized spacial score (nSPS) is 10.7. The molecular weight excluding hydrogens is 350 g/mol. The van der Waals surface area contributed by atoms with Crippen molar-refractivity contribution in [1.82, 2.24) is 21.3 Å². The molecule has 0 fully saturated rings. The van der Waals surface area contributed by atoms with Crippen molar-refractivity contribution in [2.24, 2.45) is 16.7 Å². The van der Waals surface area contributed by atoms with Crippen LogP contribution in [0, 0.1) is 0 Å². The standard InChI is InChI=1S/C17H37N7O3/c18-8-7-11-20-9-5-6-13-23-17(26)27-14-16(25)22-12-4-2-1-3-10-21-15-24-19/h15,20H,1-14,18-19H2,(H,21,24)(H,22,25)(H,23,26). The molecule has 158 valence electrons. The first kappa shape index (κ1) is 24.9. The van der Waals surface area contributed by atoms with E-state index in [-0.39, 0.29) is 12.5 Å². The fourth-order valence-electron chi connectivity index (χ4n) is 2.20. The molecule has 0 aromatic heterocycles. The molecular formula is C17H37N7O3. The molecule has 0 aromatic carbocycles. The topological polar surface area (TPSA) is 156 Å². The highest BCUT2D eigenvalue weighted by Gasteiger charge is 2.06. The summed E-state index contributed by atoms with van der Waals surface area (Å²) in [6.07, 6.45) is 7.68. The number of nitrogens with two attached hydrogens (primary N) is 2. The second-order valence-corrected chi connectivity index (χ2v) is 6.10. The van der Waals surface area contributed by atoms with Crippen LogP contribution in [-0.4, -0.2) is 64.2 Å². The van der Waals surface area contributed by atoms with E-state index < -0.39 is 6.09 Å². The first-order valence-electron chi connectivity index (χ1n) is 9.74. The van der Waals surface area contributed by atoms with Crippen LogP contribution in [0.4, 0.5) is 4.79 Å². The highest BCUT2D eigenvalue weighted by Crippen LogP contribution is 1.97. The summed E-state index contributed by atoms with van der Waals surface area (Å²) >= 11 is 0. The lowest BCUT2D eigenvalue weighted by molar-refractivity contribution is -0.123. The number of nitrogens with one attached hydrogen (secondary N) is 4. The third kappa shape index (κ3) is 20.1. The van der Waals surface area contributed by atoms with Crippen molar-refractivity contribution in [3.05, 3.63) is 0 Å². The molecule has 2 amide bonds. The van der Waals surface area contributed by atoms with E-state index in [2.05, 4.69) is 26.4 Å². The van der Waals surface area contributed by atoms with Crippen molar-refractivity contribution in [2.45, 2.75) is 44.9 Å². The molecule has 0 heterocycles. The van der Waals surface area contributed by atoms with Gasteiger partial charge in [-0.25, -0.2) is 4.79 Å². The molecule has 0 saturated carbocycles. The number of ether oxygens (including phenoxy) is 1. The molecule has 0 spiro atoms. The second-order valence-electron chi connectivity index (χ2n) is 6.10. The van der Waals surface area contributed by atoms with Crippen LogP contribution in [0.1, 0.15) is 44.9 Å². The summed E-state index contributed by atoms with van der Waals surface area (Å²) in [6, 6.07) is 0. The van der Waals surface area contributed by atoms with Crippen LogP contribution in [0.15, 0.2) is 5.10 Å². The number of rotatable bonds is 18. The summed E-state index contributed by atoms with van der Waals surface area (Å²) in [5, 5.41) is 14.9. The van der Waals surface area contributed by atoms with Crippen LogP contribution in [0.25, 0.3) is 0 Å². The van der Waals surface area contributed by atoms with Crippen molar-refractivity contribution < 1.29 is 14.3 Å². The SMILES string of the molecule is NCCCNCCCCNC(=O)OCC(=O)NCCCCCCNC=NN. The molecule has 27 heavy (non-hydrogen) atoms. The van der Waals surface area contributed by atoms with E-state index in [1.807, 2.05) is 0 Å². The fraction of sp³-hybridized carbons (Fsp3) is 0.824. The predicted octanol–water partition coefficient (Wildman–Crippen LogP) is -0.401. The largest absolute Gasteiger partial charge is 0.439 e. The summed E-state index contributed by atoms with van der Waals surface area (Å²) in [5.74, 6) is 4.68. The van der Waals surface area contributed by atoms with E-state index in [1.165, 1.54) is 6.34 Å². The van der Waals surface area contributed by atoms with Gasteiger partial charge in [-0.05, 0) is 51.7 Å². The van der Waals surface area contributed by atoms with E-state index in [1.54, 1.807) is 0 Å². The highest BCUT2D eigenvalue weighted by molar-refractivity contribution is 5.79. The first-order valence-corrected chi connectivity index (χ1v) is 9.74. The van der Waals surface area contributed by atoms with Crippen LogP contribution in [0.2, 0.25) is 0 Å². The Morgan fingerprint density at radius 2 is 1.48 bits per heavy atom. The molecule has 0 aliphatic heterocycles. The van der Waals surface area contributed by atoms with Crippen LogP contribution >= 0.6 is 0 Å². The number of hydrogen-bond acceptors (Lipinski definition) is 7. The number of hydrazone groups is 1. The molecule has 0 rings (SSSR count).